The number of hydrogen-bond acceptors (Lipinski definition) is 7. The van der Waals surface area contributed by atoms with E-state index in [4.69, 9.17) is 4.74 Å². The van der Waals surface area contributed by atoms with Crippen molar-refractivity contribution in [3.63, 3.8) is 0 Å². The summed E-state index contributed by atoms with van der Waals surface area (Å²) < 4.78 is 5.39. The SMILES string of the molecule is O=C([O-])c1c(-c2ccccc2)nc(-c2cccnc2)nc1N1CCOCC1.[K+]. The van der Waals surface area contributed by atoms with Crippen LogP contribution in [0.25, 0.3) is 22.6 Å². The third-order valence-electron chi connectivity index (χ3n) is 4.37. The van der Waals surface area contributed by atoms with E-state index in [0.29, 0.717) is 54.8 Å². The standard InChI is InChI=1S/C20H18N4O3.K/c25-20(26)16-17(14-5-2-1-3-6-14)22-18(15-7-4-8-21-13-15)23-19(16)24-9-11-27-12-10-24;/h1-8,13H,9-12H2,(H,25,26);/q;+1/p-1. The maximum absolute atomic E-state index is 12.0. The van der Waals surface area contributed by atoms with Crippen LogP contribution in [0.3, 0.4) is 0 Å². The van der Waals surface area contributed by atoms with Crippen molar-refractivity contribution in [3.8, 4) is 22.6 Å². The van der Waals surface area contributed by atoms with Gasteiger partial charge >= 0.3 is 51.4 Å². The van der Waals surface area contributed by atoms with E-state index in [9.17, 15) is 9.90 Å². The summed E-state index contributed by atoms with van der Waals surface area (Å²) in [5, 5.41) is 12.0. The molecule has 0 amide bonds. The van der Waals surface area contributed by atoms with Crippen LogP contribution >= 0.6 is 0 Å². The molecule has 2 aromatic heterocycles. The van der Waals surface area contributed by atoms with Gasteiger partial charge < -0.3 is 19.5 Å². The molecule has 1 fully saturated rings. The van der Waals surface area contributed by atoms with Crippen molar-refractivity contribution >= 4 is 11.8 Å². The molecule has 8 heteroatoms. The molecule has 1 saturated heterocycles. The number of benzene rings is 1. The van der Waals surface area contributed by atoms with Crippen LogP contribution in [0.2, 0.25) is 0 Å². The molecule has 4 rings (SSSR count). The first-order valence-electron chi connectivity index (χ1n) is 8.66. The Hall–Kier alpha value is -1.68. The molecule has 0 aliphatic carbocycles. The molecule has 0 unspecified atom stereocenters. The van der Waals surface area contributed by atoms with Crippen LogP contribution in [0.4, 0.5) is 5.82 Å². The molecule has 1 aromatic carbocycles. The van der Waals surface area contributed by atoms with Gasteiger partial charge in [-0.2, -0.15) is 0 Å². The molecule has 0 bridgehead atoms. The fourth-order valence-electron chi connectivity index (χ4n) is 3.07. The predicted octanol–water partition coefficient (Wildman–Crippen LogP) is -1.59. The van der Waals surface area contributed by atoms with Gasteiger partial charge in [-0.3, -0.25) is 4.98 Å². The number of carbonyl (C=O) groups excluding carboxylic acids is 1. The van der Waals surface area contributed by atoms with Crippen molar-refractivity contribution in [2.75, 3.05) is 31.2 Å². The average Bonchev–Trinajstić information content (AvgIpc) is 2.74. The Morgan fingerprint density at radius 2 is 1.71 bits per heavy atom. The van der Waals surface area contributed by atoms with Crippen molar-refractivity contribution < 1.29 is 66.0 Å². The molecule has 7 nitrogen and oxygen atoms in total. The number of pyridine rings is 1. The fraction of sp³-hybridized carbons (Fsp3) is 0.200. The molecular weight excluding hydrogens is 383 g/mol. The van der Waals surface area contributed by atoms with Gasteiger partial charge in [0, 0.05) is 36.6 Å². The fourth-order valence-corrected chi connectivity index (χ4v) is 3.07. The van der Waals surface area contributed by atoms with Crippen LogP contribution in [0.5, 0.6) is 0 Å². The van der Waals surface area contributed by atoms with Gasteiger partial charge in [0.25, 0.3) is 0 Å². The van der Waals surface area contributed by atoms with E-state index in [1.807, 2.05) is 41.3 Å². The number of aromatic carboxylic acids is 1. The first kappa shape index (κ1) is 21.0. The van der Waals surface area contributed by atoms with Gasteiger partial charge in [-0.25, -0.2) is 9.97 Å². The molecule has 0 radical (unpaired) electrons. The predicted molar refractivity (Wildman–Crippen MR) is 98.1 cm³/mol. The number of carboxylic acids is 1. The van der Waals surface area contributed by atoms with Crippen LogP contribution in [0.15, 0.2) is 54.9 Å². The zero-order valence-corrected chi connectivity index (χ0v) is 18.7. The number of carbonyl (C=O) groups is 1. The molecule has 1 aliphatic heterocycles. The minimum absolute atomic E-state index is 0. The zero-order chi connectivity index (χ0) is 18.6. The van der Waals surface area contributed by atoms with Crippen LogP contribution < -0.4 is 61.4 Å². The molecule has 3 heterocycles. The third kappa shape index (κ3) is 4.48. The van der Waals surface area contributed by atoms with Crippen LogP contribution in [0.1, 0.15) is 10.4 Å². The summed E-state index contributed by atoms with van der Waals surface area (Å²) >= 11 is 0. The Balaban J connectivity index is 0.00000225. The summed E-state index contributed by atoms with van der Waals surface area (Å²) in [6, 6.07) is 12.8. The summed E-state index contributed by atoms with van der Waals surface area (Å²) in [5.74, 6) is -0.521. The van der Waals surface area contributed by atoms with Gasteiger partial charge in [-0.1, -0.05) is 30.3 Å². The van der Waals surface area contributed by atoms with E-state index < -0.39 is 5.97 Å². The minimum atomic E-state index is -1.30. The van der Waals surface area contributed by atoms with Gasteiger partial charge in [0.15, 0.2) is 5.82 Å². The Labute approximate surface area is 205 Å². The topological polar surface area (TPSA) is 91.3 Å². The van der Waals surface area contributed by atoms with E-state index in [1.165, 1.54) is 0 Å². The van der Waals surface area contributed by atoms with E-state index >= 15 is 0 Å². The number of morpholine rings is 1. The van der Waals surface area contributed by atoms with Gasteiger partial charge in [0.1, 0.15) is 5.82 Å². The van der Waals surface area contributed by atoms with E-state index in [2.05, 4.69) is 15.0 Å². The molecule has 3 aromatic rings. The second-order valence-corrected chi connectivity index (χ2v) is 6.09. The summed E-state index contributed by atoms with van der Waals surface area (Å²) in [7, 11) is 0. The monoisotopic (exact) mass is 400 g/mol. The van der Waals surface area contributed by atoms with E-state index in [-0.39, 0.29) is 56.9 Å². The second-order valence-electron chi connectivity index (χ2n) is 6.09. The maximum atomic E-state index is 12.0. The second kappa shape index (κ2) is 9.68. The Morgan fingerprint density at radius 1 is 1.00 bits per heavy atom. The van der Waals surface area contributed by atoms with Gasteiger partial charge in [-0.15, -0.1) is 0 Å². The van der Waals surface area contributed by atoms with E-state index in [0.717, 1.165) is 0 Å². The van der Waals surface area contributed by atoms with Gasteiger partial charge in [0.2, 0.25) is 0 Å². The average molecular weight is 400 g/mol. The number of aromatic nitrogens is 3. The molecular formula is C20H17KN4O3. The smallest absolute Gasteiger partial charge is 0.545 e. The minimum Gasteiger partial charge on any atom is -0.545 e. The van der Waals surface area contributed by atoms with Crippen molar-refractivity contribution in [3.05, 3.63) is 60.4 Å². The quantitative estimate of drug-likeness (QED) is 0.488. The van der Waals surface area contributed by atoms with Crippen LogP contribution in [-0.2, 0) is 4.74 Å². The Kier molecular flexibility index (Phi) is 7.28. The number of nitrogens with zero attached hydrogens (tertiary/aromatic N) is 4. The molecule has 0 atom stereocenters. The number of rotatable bonds is 4. The summed E-state index contributed by atoms with van der Waals surface area (Å²) in [4.78, 5) is 27.2. The molecule has 0 spiro atoms. The largest absolute Gasteiger partial charge is 1.00 e. The van der Waals surface area contributed by atoms with Crippen LogP contribution in [-0.4, -0.2) is 47.2 Å². The molecule has 0 N–H and O–H groups in total. The molecule has 1 aliphatic rings. The Bertz CT molecular complexity index is 948. The summed E-state index contributed by atoms with van der Waals surface area (Å²) in [6.45, 7) is 2.13. The third-order valence-corrected chi connectivity index (χ3v) is 4.37. The van der Waals surface area contributed by atoms with Crippen LogP contribution in [0, 0.1) is 0 Å². The molecule has 0 saturated carbocycles. The Morgan fingerprint density at radius 3 is 2.36 bits per heavy atom. The number of carboxylic acid groups (broad SMARTS) is 1. The number of hydrogen-bond donors (Lipinski definition) is 0. The van der Waals surface area contributed by atoms with Crippen molar-refractivity contribution in [2.24, 2.45) is 0 Å². The normalized spacial score (nSPS) is 13.6. The van der Waals surface area contributed by atoms with Gasteiger partial charge in [0.05, 0.1) is 30.4 Å². The summed E-state index contributed by atoms with van der Waals surface area (Å²) in [5.41, 5.74) is 1.74. The molecule has 136 valence electrons. The van der Waals surface area contributed by atoms with Gasteiger partial charge in [-0.05, 0) is 12.1 Å². The maximum Gasteiger partial charge on any atom is 1.00 e. The molecule has 28 heavy (non-hydrogen) atoms. The van der Waals surface area contributed by atoms with Crippen molar-refractivity contribution in [1.82, 2.24) is 15.0 Å². The first-order chi connectivity index (χ1) is 13.2. The number of anilines is 1. The van der Waals surface area contributed by atoms with Crippen molar-refractivity contribution in [2.45, 2.75) is 0 Å². The zero-order valence-electron chi connectivity index (χ0n) is 15.5. The van der Waals surface area contributed by atoms with Crippen molar-refractivity contribution in [1.29, 1.82) is 0 Å². The summed E-state index contributed by atoms with van der Waals surface area (Å²) in [6.07, 6.45) is 3.33. The van der Waals surface area contributed by atoms with E-state index in [1.54, 1.807) is 18.5 Å². The number of ether oxygens (including phenoxy) is 1. The first-order valence-corrected chi connectivity index (χ1v) is 8.66.